The summed E-state index contributed by atoms with van der Waals surface area (Å²) in [5.41, 5.74) is 0.971. The van der Waals surface area contributed by atoms with Crippen molar-refractivity contribution in [1.29, 1.82) is 0 Å². The number of carbonyl (C=O) groups is 2. The maximum absolute atomic E-state index is 13.0. The van der Waals surface area contributed by atoms with Crippen LogP contribution in [0.15, 0.2) is 48.5 Å². The van der Waals surface area contributed by atoms with Gasteiger partial charge in [-0.3, -0.25) is 14.5 Å². The molecule has 28 heavy (non-hydrogen) atoms. The molecule has 2 N–H and O–H groups in total. The van der Waals surface area contributed by atoms with Gasteiger partial charge in [0, 0.05) is 17.4 Å². The average molecular weight is 389 g/mol. The van der Waals surface area contributed by atoms with E-state index in [-0.39, 0.29) is 48.5 Å². The summed E-state index contributed by atoms with van der Waals surface area (Å²) in [6.07, 6.45) is 0. The summed E-state index contributed by atoms with van der Waals surface area (Å²) in [5, 5.41) is 5.40. The summed E-state index contributed by atoms with van der Waals surface area (Å²) in [5.74, 6) is -1.14. The van der Waals surface area contributed by atoms with Crippen LogP contribution in [0.5, 0.6) is 0 Å². The van der Waals surface area contributed by atoms with Gasteiger partial charge in [0.2, 0.25) is 11.8 Å². The molecule has 0 spiro atoms. The highest BCUT2D eigenvalue weighted by Crippen LogP contribution is 2.13. The van der Waals surface area contributed by atoms with E-state index in [9.17, 15) is 18.4 Å². The van der Waals surface area contributed by atoms with Gasteiger partial charge in [0.1, 0.15) is 11.6 Å². The molecule has 2 aromatic rings. The monoisotopic (exact) mass is 389 g/mol. The number of carbonyl (C=O) groups excluding carboxylic acids is 2. The van der Waals surface area contributed by atoms with Crippen molar-refractivity contribution in [2.24, 2.45) is 5.92 Å². The van der Waals surface area contributed by atoms with Crippen LogP contribution in [0.25, 0.3) is 0 Å². The third kappa shape index (κ3) is 6.74. The maximum Gasteiger partial charge on any atom is 0.238 e. The Balaban J connectivity index is 2.00. The molecule has 0 aliphatic carbocycles. The first-order valence-electron chi connectivity index (χ1n) is 9.09. The Hall–Kier alpha value is -2.80. The molecular formula is C21H25F2N3O2. The summed E-state index contributed by atoms with van der Waals surface area (Å²) in [6.45, 7) is 5.98. The number of hydrogen-bond acceptors (Lipinski definition) is 3. The standard InChI is InChI=1S/C21H25F2N3O2/c1-14(2)15(3)26(12-20(27)24-18-8-4-16(22)5-9-18)13-21(28)25-19-10-6-17(23)7-11-19/h4-11,14-15H,12-13H2,1-3H3,(H,24,27)(H,25,28). The van der Waals surface area contributed by atoms with Gasteiger partial charge in [-0.1, -0.05) is 13.8 Å². The Labute approximate surface area is 163 Å². The van der Waals surface area contributed by atoms with Crippen LogP contribution in [0.2, 0.25) is 0 Å². The normalized spacial score (nSPS) is 12.1. The molecule has 0 heterocycles. The van der Waals surface area contributed by atoms with E-state index in [1.54, 1.807) is 4.90 Å². The van der Waals surface area contributed by atoms with Crippen LogP contribution in [-0.2, 0) is 9.59 Å². The molecule has 7 heteroatoms. The molecule has 0 bridgehead atoms. The van der Waals surface area contributed by atoms with Crippen molar-refractivity contribution in [2.45, 2.75) is 26.8 Å². The van der Waals surface area contributed by atoms with E-state index in [0.29, 0.717) is 11.4 Å². The molecule has 0 radical (unpaired) electrons. The first-order chi connectivity index (χ1) is 13.2. The van der Waals surface area contributed by atoms with Crippen LogP contribution >= 0.6 is 0 Å². The molecule has 5 nitrogen and oxygen atoms in total. The van der Waals surface area contributed by atoms with E-state index < -0.39 is 0 Å². The minimum absolute atomic E-state index is 0.00750. The Morgan fingerprint density at radius 2 is 1.14 bits per heavy atom. The summed E-state index contributed by atoms with van der Waals surface area (Å²) in [6, 6.07) is 10.9. The molecular weight excluding hydrogens is 364 g/mol. The van der Waals surface area contributed by atoms with Gasteiger partial charge >= 0.3 is 0 Å². The van der Waals surface area contributed by atoms with Gasteiger partial charge in [-0.25, -0.2) is 8.78 Å². The van der Waals surface area contributed by atoms with Crippen molar-refractivity contribution in [1.82, 2.24) is 4.90 Å². The van der Waals surface area contributed by atoms with Gasteiger partial charge in [0.25, 0.3) is 0 Å². The zero-order valence-electron chi connectivity index (χ0n) is 16.2. The first-order valence-corrected chi connectivity index (χ1v) is 9.09. The molecule has 2 aromatic carbocycles. The van der Waals surface area contributed by atoms with Gasteiger partial charge < -0.3 is 10.6 Å². The summed E-state index contributed by atoms with van der Waals surface area (Å²) < 4.78 is 26.0. The number of benzene rings is 2. The third-order valence-electron chi connectivity index (χ3n) is 4.49. The largest absolute Gasteiger partial charge is 0.325 e. The van der Waals surface area contributed by atoms with Crippen molar-refractivity contribution in [3.8, 4) is 0 Å². The fourth-order valence-electron chi connectivity index (χ4n) is 2.60. The Kier molecular flexibility index (Phi) is 7.63. The molecule has 2 amide bonds. The SMILES string of the molecule is CC(C)C(C)N(CC(=O)Nc1ccc(F)cc1)CC(=O)Nc1ccc(F)cc1. The van der Waals surface area contributed by atoms with Crippen LogP contribution in [-0.4, -0.2) is 35.8 Å². The molecule has 0 saturated carbocycles. The fourth-order valence-corrected chi connectivity index (χ4v) is 2.60. The number of amides is 2. The molecule has 0 fully saturated rings. The summed E-state index contributed by atoms with van der Waals surface area (Å²) >= 11 is 0. The lowest BCUT2D eigenvalue weighted by atomic mass is 10.0. The zero-order valence-corrected chi connectivity index (χ0v) is 16.2. The average Bonchev–Trinajstić information content (AvgIpc) is 2.64. The number of hydrogen-bond donors (Lipinski definition) is 2. The number of nitrogens with one attached hydrogen (secondary N) is 2. The lowest BCUT2D eigenvalue weighted by molar-refractivity contribution is -0.121. The van der Waals surface area contributed by atoms with Crippen molar-refractivity contribution in [3.05, 3.63) is 60.2 Å². The zero-order chi connectivity index (χ0) is 20.7. The molecule has 0 aliphatic heterocycles. The maximum atomic E-state index is 13.0. The predicted octanol–water partition coefficient (Wildman–Crippen LogP) is 3.89. The smallest absolute Gasteiger partial charge is 0.238 e. The number of halogens is 2. The second-order valence-electron chi connectivity index (χ2n) is 7.00. The van der Waals surface area contributed by atoms with Gasteiger partial charge in [0.15, 0.2) is 0 Å². The van der Waals surface area contributed by atoms with E-state index in [1.165, 1.54) is 48.5 Å². The van der Waals surface area contributed by atoms with E-state index in [0.717, 1.165) is 0 Å². The van der Waals surface area contributed by atoms with Crippen molar-refractivity contribution < 1.29 is 18.4 Å². The van der Waals surface area contributed by atoms with E-state index in [2.05, 4.69) is 10.6 Å². The number of anilines is 2. The molecule has 1 atom stereocenters. The van der Waals surface area contributed by atoms with Crippen LogP contribution in [0.4, 0.5) is 20.2 Å². The van der Waals surface area contributed by atoms with Gasteiger partial charge in [-0.2, -0.15) is 0 Å². The van der Waals surface area contributed by atoms with Crippen molar-refractivity contribution >= 4 is 23.2 Å². The van der Waals surface area contributed by atoms with Crippen molar-refractivity contribution in [3.63, 3.8) is 0 Å². The van der Waals surface area contributed by atoms with E-state index in [1.807, 2.05) is 20.8 Å². The minimum atomic E-state index is -0.384. The lowest BCUT2D eigenvalue weighted by Gasteiger charge is -2.30. The molecule has 0 aliphatic rings. The van der Waals surface area contributed by atoms with Crippen LogP contribution in [0.3, 0.4) is 0 Å². The summed E-state index contributed by atoms with van der Waals surface area (Å²) in [7, 11) is 0. The van der Waals surface area contributed by atoms with Crippen LogP contribution in [0, 0.1) is 17.6 Å². The topological polar surface area (TPSA) is 61.4 Å². The molecule has 150 valence electrons. The lowest BCUT2D eigenvalue weighted by Crippen LogP contribution is -2.45. The fraction of sp³-hybridized carbons (Fsp3) is 0.333. The highest BCUT2D eigenvalue weighted by atomic mass is 19.1. The molecule has 1 unspecified atom stereocenters. The molecule has 2 rings (SSSR count). The molecule has 0 saturated heterocycles. The van der Waals surface area contributed by atoms with Crippen LogP contribution in [0.1, 0.15) is 20.8 Å². The summed E-state index contributed by atoms with van der Waals surface area (Å²) in [4.78, 5) is 26.6. The second-order valence-corrected chi connectivity index (χ2v) is 7.00. The first kappa shape index (κ1) is 21.5. The van der Waals surface area contributed by atoms with Crippen LogP contribution < -0.4 is 10.6 Å². The van der Waals surface area contributed by atoms with E-state index in [4.69, 9.17) is 0 Å². The highest BCUT2D eigenvalue weighted by molar-refractivity contribution is 5.94. The minimum Gasteiger partial charge on any atom is -0.325 e. The Morgan fingerprint density at radius 3 is 1.46 bits per heavy atom. The quantitative estimate of drug-likeness (QED) is 0.720. The predicted molar refractivity (Wildman–Crippen MR) is 106 cm³/mol. The Bertz CT molecular complexity index is 731. The van der Waals surface area contributed by atoms with Gasteiger partial charge in [-0.05, 0) is 61.4 Å². The highest BCUT2D eigenvalue weighted by Gasteiger charge is 2.22. The van der Waals surface area contributed by atoms with Gasteiger partial charge in [0.05, 0.1) is 13.1 Å². The number of rotatable bonds is 8. The second kappa shape index (κ2) is 9.94. The van der Waals surface area contributed by atoms with Gasteiger partial charge in [-0.15, -0.1) is 0 Å². The van der Waals surface area contributed by atoms with Crippen molar-refractivity contribution in [2.75, 3.05) is 23.7 Å². The third-order valence-corrected chi connectivity index (χ3v) is 4.49. The Morgan fingerprint density at radius 1 is 0.786 bits per heavy atom. The van der Waals surface area contributed by atoms with E-state index >= 15 is 0 Å². The molecule has 0 aromatic heterocycles. The number of nitrogens with zero attached hydrogens (tertiary/aromatic N) is 1.